The van der Waals surface area contributed by atoms with E-state index >= 15 is 0 Å². The van der Waals surface area contributed by atoms with E-state index in [0.717, 1.165) is 0 Å². The molecule has 0 saturated heterocycles. The number of rotatable bonds is 10. The summed E-state index contributed by atoms with van der Waals surface area (Å²) in [6.07, 6.45) is -10.7. The van der Waals surface area contributed by atoms with E-state index < -0.39 is 48.3 Å². The molecule has 0 bridgehead atoms. The molecule has 11 heteroatoms. The quantitative estimate of drug-likeness (QED) is 0.251. The van der Waals surface area contributed by atoms with E-state index in [4.69, 9.17) is 0 Å². The zero-order chi connectivity index (χ0) is 22.7. The smallest absolute Gasteiger partial charge is 0.299 e. The van der Waals surface area contributed by atoms with Gasteiger partial charge >= 0.3 is 28.8 Å². The maximum absolute atomic E-state index is 11.7. The molecule has 0 aliphatic carbocycles. The van der Waals surface area contributed by atoms with E-state index in [1.165, 1.54) is 0 Å². The molecule has 0 aliphatic rings. The average molecular weight is 479 g/mol. The van der Waals surface area contributed by atoms with Crippen molar-refractivity contribution in [3.05, 3.63) is 0 Å². The molecule has 0 rings (SSSR count). The van der Waals surface area contributed by atoms with Gasteiger partial charge in [0.2, 0.25) is 11.6 Å². The van der Waals surface area contributed by atoms with Crippen LogP contribution in [0, 0.1) is 11.8 Å². The van der Waals surface area contributed by atoms with Gasteiger partial charge in [-0.15, -0.1) is 0 Å². The summed E-state index contributed by atoms with van der Waals surface area (Å²) >= 11 is 0. The largest absolute Gasteiger partial charge is 2.00 e. The van der Waals surface area contributed by atoms with Crippen LogP contribution in [0.5, 0.6) is 0 Å². The molecule has 0 unspecified atom stereocenters. The molecule has 0 atom stereocenters. The Bertz CT molecular complexity index is 491. The second-order valence-corrected chi connectivity index (χ2v) is 7.14. The molecular weight excluding hydrogens is 453 g/mol. The molecule has 0 spiro atoms. The normalized spacial score (nSPS) is 11.4. The first-order valence-corrected chi connectivity index (χ1v) is 8.70. The first-order valence-electron chi connectivity index (χ1n) is 8.70. The molecule has 172 valence electrons. The van der Waals surface area contributed by atoms with Crippen LogP contribution >= 0.6 is 0 Å². The van der Waals surface area contributed by atoms with Crippen LogP contribution in [0.1, 0.15) is 66.2 Å². The van der Waals surface area contributed by atoms with Crippen LogP contribution in [0.3, 0.4) is 0 Å². The van der Waals surface area contributed by atoms with E-state index in [1.54, 1.807) is 0 Å². The topological polar surface area (TPSA) is 68.3 Å². The van der Waals surface area contributed by atoms with Gasteiger partial charge in [0.05, 0.1) is 12.8 Å². The second-order valence-electron chi connectivity index (χ2n) is 7.14. The zero-order valence-corrected chi connectivity index (χ0v) is 17.6. The van der Waals surface area contributed by atoms with Crippen LogP contribution in [-0.2, 0) is 35.7 Å². The Hall–Kier alpha value is -1.25. The minimum absolute atomic E-state index is 0. The third-order valence-electron chi connectivity index (χ3n) is 3.35. The molecule has 0 aromatic carbocycles. The number of carbonyl (C=O) groups excluding carboxylic acids is 4. The van der Waals surface area contributed by atoms with E-state index in [0.29, 0.717) is 12.8 Å². The summed E-state index contributed by atoms with van der Waals surface area (Å²) in [5.41, 5.74) is 0. The predicted octanol–water partition coefficient (Wildman–Crippen LogP) is 5.02. The summed E-state index contributed by atoms with van der Waals surface area (Å²) in [5, 5.41) is 0. The molecule has 0 fully saturated rings. The van der Waals surface area contributed by atoms with Crippen molar-refractivity contribution < 1.29 is 62.0 Å². The maximum atomic E-state index is 11.7. The molecule has 0 aromatic rings. The first kappa shape index (κ1) is 32.4. The molecule has 4 nitrogen and oxygen atoms in total. The van der Waals surface area contributed by atoms with Gasteiger partial charge in [-0.3, -0.25) is 19.2 Å². The van der Waals surface area contributed by atoms with E-state index in [2.05, 4.69) is 0 Å². The fourth-order valence-electron chi connectivity index (χ4n) is 1.63. The molecular formula is C18H26F6NiO4+2. The maximum Gasteiger partial charge on any atom is 2.00 e. The fourth-order valence-corrected chi connectivity index (χ4v) is 1.63. The zero-order valence-electron chi connectivity index (χ0n) is 16.6. The van der Waals surface area contributed by atoms with Gasteiger partial charge in [0.25, 0.3) is 0 Å². The Morgan fingerprint density at radius 3 is 1.03 bits per heavy atom. The molecule has 0 amide bonds. The standard InChI is InChI=1S/2C9H13F3O2.Ni/c2*1-6(2)3-4-7(13)5-8(14)9(10,11)12;/h2*6H,3-5H2,1-2H3;/q;;+2. The van der Waals surface area contributed by atoms with Gasteiger partial charge in [-0.05, 0) is 24.7 Å². The van der Waals surface area contributed by atoms with Crippen LogP contribution in [0.15, 0.2) is 0 Å². The summed E-state index contributed by atoms with van der Waals surface area (Å²) in [6.45, 7) is 7.44. The van der Waals surface area contributed by atoms with Crippen LogP contribution in [-0.4, -0.2) is 35.5 Å². The van der Waals surface area contributed by atoms with Crippen LogP contribution in [0.25, 0.3) is 0 Å². The van der Waals surface area contributed by atoms with Crippen molar-refractivity contribution in [1.82, 2.24) is 0 Å². The molecule has 0 aromatic heterocycles. The van der Waals surface area contributed by atoms with Gasteiger partial charge in [-0.1, -0.05) is 27.7 Å². The summed E-state index contributed by atoms with van der Waals surface area (Å²) in [5.74, 6) is -4.68. The van der Waals surface area contributed by atoms with Crippen molar-refractivity contribution in [2.75, 3.05) is 0 Å². The van der Waals surface area contributed by atoms with E-state index in [1.807, 2.05) is 27.7 Å². The molecule has 0 aliphatic heterocycles. The van der Waals surface area contributed by atoms with E-state index in [9.17, 15) is 45.5 Å². The van der Waals surface area contributed by atoms with Crippen molar-refractivity contribution in [3.8, 4) is 0 Å². The van der Waals surface area contributed by atoms with E-state index in [-0.39, 0.29) is 41.2 Å². The second kappa shape index (κ2) is 14.7. The Kier molecular flexibility index (Phi) is 16.4. The molecule has 0 radical (unpaired) electrons. The van der Waals surface area contributed by atoms with Gasteiger partial charge < -0.3 is 0 Å². The number of Topliss-reactive ketones (excluding diaryl/α,β-unsaturated/α-hetero) is 4. The number of ketones is 4. The predicted molar refractivity (Wildman–Crippen MR) is 89.5 cm³/mol. The molecule has 0 saturated carbocycles. The van der Waals surface area contributed by atoms with Crippen molar-refractivity contribution in [2.45, 2.75) is 78.6 Å². The summed E-state index contributed by atoms with van der Waals surface area (Å²) < 4.78 is 70.2. The van der Waals surface area contributed by atoms with Gasteiger partial charge in [-0.2, -0.15) is 26.3 Å². The van der Waals surface area contributed by atoms with Crippen molar-refractivity contribution >= 4 is 23.1 Å². The Morgan fingerprint density at radius 2 is 0.862 bits per heavy atom. The monoisotopic (exact) mass is 478 g/mol. The van der Waals surface area contributed by atoms with Crippen molar-refractivity contribution in [1.29, 1.82) is 0 Å². The third kappa shape index (κ3) is 19.8. The van der Waals surface area contributed by atoms with Crippen LogP contribution < -0.4 is 0 Å². The van der Waals surface area contributed by atoms with Crippen molar-refractivity contribution in [3.63, 3.8) is 0 Å². The van der Waals surface area contributed by atoms with Gasteiger partial charge in [0.15, 0.2) is 0 Å². The molecule has 0 heterocycles. The summed E-state index contributed by atoms with van der Waals surface area (Å²) in [7, 11) is 0. The van der Waals surface area contributed by atoms with Crippen LogP contribution in [0.4, 0.5) is 26.3 Å². The Balaban J connectivity index is -0.000000451. The number of carbonyl (C=O) groups is 4. The van der Waals surface area contributed by atoms with Crippen molar-refractivity contribution in [2.24, 2.45) is 11.8 Å². The van der Waals surface area contributed by atoms with Crippen LogP contribution in [0.2, 0.25) is 0 Å². The number of halogens is 6. The summed E-state index contributed by atoms with van der Waals surface area (Å²) in [4.78, 5) is 42.5. The average Bonchev–Trinajstić information content (AvgIpc) is 2.49. The SMILES string of the molecule is CC(C)CCC(=O)CC(=O)C(F)(F)F.CC(C)CCC(=O)CC(=O)C(F)(F)F.[Ni+2]. The molecule has 0 N–H and O–H groups in total. The third-order valence-corrected chi connectivity index (χ3v) is 3.35. The number of alkyl halides is 6. The number of hydrogen-bond acceptors (Lipinski definition) is 4. The minimum Gasteiger partial charge on any atom is -0.299 e. The Labute approximate surface area is 176 Å². The summed E-state index contributed by atoms with van der Waals surface area (Å²) in [6, 6.07) is 0. The number of hydrogen-bond donors (Lipinski definition) is 0. The molecule has 29 heavy (non-hydrogen) atoms. The Morgan fingerprint density at radius 1 is 0.621 bits per heavy atom. The van der Waals surface area contributed by atoms with Gasteiger partial charge in [0, 0.05) is 12.8 Å². The minimum atomic E-state index is -4.88. The van der Waals surface area contributed by atoms with Gasteiger partial charge in [-0.25, -0.2) is 0 Å². The first-order chi connectivity index (χ1) is 12.5. The van der Waals surface area contributed by atoms with Gasteiger partial charge in [0.1, 0.15) is 11.6 Å². The fraction of sp³-hybridized carbons (Fsp3) is 0.778.